The van der Waals surface area contributed by atoms with Gasteiger partial charge in [0.05, 0.1) is 6.61 Å². The standard InChI is InChI=1S/C18H26N2O/c1-4-10-19-12-15-13-20-18(21-11-9-14(2)3)17-8-6-5-7-16(15)17/h5-8,13-14,19H,4,9-12H2,1-3H3. The molecule has 21 heavy (non-hydrogen) atoms. The zero-order chi connectivity index (χ0) is 15.1. The molecule has 114 valence electrons. The number of nitrogens with zero attached hydrogens (tertiary/aromatic N) is 1. The molecule has 0 bridgehead atoms. The highest BCUT2D eigenvalue weighted by Gasteiger charge is 2.08. The second-order valence-corrected chi connectivity index (χ2v) is 5.84. The SMILES string of the molecule is CCCNCc1cnc(OCCC(C)C)c2ccccc12. The van der Waals surface area contributed by atoms with Gasteiger partial charge in [0.1, 0.15) is 0 Å². The number of aromatic nitrogens is 1. The van der Waals surface area contributed by atoms with Crippen LogP contribution >= 0.6 is 0 Å². The van der Waals surface area contributed by atoms with Gasteiger partial charge in [-0.15, -0.1) is 0 Å². The van der Waals surface area contributed by atoms with Crippen LogP contribution in [0.25, 0.3) is 10.8 Å². The minimum Gasteiger partial charge on any atom is -0.477 e. The molecule has 0 amide bonds. The van der Waals surface area contributed by atoms with E-state index in [-0.39, 0.29) is 0 Å². The van der Waals surface area contributed by atoms with Crippen molar-refractivity contribution < 1.29 is 4.74 Å². The van der Waals surface area contributed by atoms with Gasteiger partial charge in [-0.05, 0) is 42.3 Å². The normalized spacial score (nSPS) is 11.2. The first-order valence-corrected chi connectivity index (χ1v) is 7.92. The Morgan fingerprint density at radius 1 is 1.19 bits per heavy atom. The van der Waals surface area contributed by atoms with Crippen LogP contribution in [0.1, 0.15) is 39.2 Å². The Bertz CT molecular complexity index is 566. The van der Waals surface area contributed by atoms with Gasteiger partial charge in [0.2, 0.25) is 5.88 Å². The average molecular weight is 286 g/mol. The molecule has 0 saturated heterocycles. The molecule has 0 unspecified atom stereocenters. The Morgan fingerprint density at radius 3 is 2.67 bits per heavy atom. The number of hydrogen-bond acceptors (Lipinski definition) is 3. The van der Waals surface area contributed by atoms with Gasteiger partial charge < -0.3 is 10.1 Å². The van der Waals surface area contributed by atoms with Gasteiger partial charge in [-0.2, -0.15) is 0 Å². The third-order valence-electron chi connectivity index (χ3n) is 3.52. The fourth-order valence-corrected chi connectivity index (χ4v) is 2.27. The molecule has 1 aromatic heterocycles. The van der Waals surface area contributed by atoms with Gasteiger partial charge in [0.25, 0.3) is 0 Å². The largest absolute Gasteiger partial charge is 0.477 e. The zero-order valence-electron chi connectivity index (χ0n) is 13.4. The minimum atomic E-state index is 0.647. The van der Waals surface area contributed by atoms with E-state index >= 15 is 0 Å². The van der Waals surface area contributed by atoms with Crippen molar-refractivity contribution >= 4 is 10.8 Å². The van der Waals surface area contributed by atoms with Crippen molar-refractivity contribution in [3.05, 3.63) is 36.0 Å². The topological polar surface area (TPSA) is 34.2 Å². The highest BCUT2D eigenvalue weighted by Crippen LogP contribution is 2.26. The molecule has 1 aromatic carbocycles. The van der Waals surface area contributed by atoms with Crippen LogP contribution in [0, 0.1) is 5.92 Å². The summed E-state index contributed by atoms with van der Waals surface area (Å²) < 4.78 is 5.88. The summed E-state index contributed by atoms with van der Waals surface area (Å²) >= 11 is 0. The van der Waals surface area contributed by atoms with Gasteiger partial charge in [-0.25, -0.2) is 4.98 Å². The molecule has 0 aliphatic rings. The van der Waals surface area contributed by atoms with Crippen LogP contribution in [-0.4, -0.2) is 18.1 Å². The third kappa shape index (κ3) is 4.43. The van der Waals surface area contributed by atoms with Gasteiger partial charge in [0.15, 0.2) is 0 Å². The van der Waals surface area contributed by atoms with Crippen LogP contribution in [0.15, 0.2) is 30.5 Å². The van der Waals surface area contributed by atoms with E-state index in [4.69, 9.17) is 4.74 Å². The smallest absolute Gasteiger partial charge is 0.221 e. The van der Waals surface area contributed by atoms with Crippen molar-refractivity contribution in [2.75, 3.05) is 13.2 Å². The number of rotatable bonds is 8. The van der Waals surface area contributed by atoms with Crippen LogP contribution in [0.2, 0.25) is 0 Å². The quantitative estimate of drug-likeness (QED) is 0.740. The summed E-state index contributed by atoms with van der Waals surface area (Å²) in [7, 11) is 0. The second-order valence-electron chi connectivity index (χ2n) is 5.84. The maximum atomic E-state index is 5.88. The van der Waals surface area contributed by atoms with Crippen molar-refractivity contribution in [2.45, 2.75) is 40.2 Å². The summed E-state index contributed by atoms with van der Waals surface area (Å²) in [5.41, 5.74) is 1.23. The summed E-state index contributed by atoms with van der Waals surface area (Å²) in [6.45, 7) is 9.19. The van der Waals surface area contributed by atoms with E-state index in [1.54, 1.807) is 0 Å². The first-order valence-electron chi connectivity index (χ1n) is 7.92. The van der Waals surface area contributed by atoms with Crippen molar-refractivity contribution in [3.8, 4) is 5.88 Å². The predicted molar refractivity (Wildman–Crippen MR) is 88.7 cm³/mol. The molecule has 0 saturated carbocycles. The number of pyridine rings is 1. The molecular weight excluding hydrogens is 260 g/mol. The fourth-order valence-electron chi connectivity index (χ4n) is 2.27. The summed E-state index contributed by atoms with van der Waals surface area (Å²) in [5.74, 6) is 1.40. The maximum absolute atomic E-state index is 5.88. The molecular formula is C18H26N2O. The summed E-state index contributed by atoms with van der Waals surface area (Å²) in [6, 6.07) is 8.36. The lowest BCUT2D eigenvalue weighted by molar-refractivity contribution is 0.283. The molecule has 0 aliphatic carbocycles. The molecule has 2 rings (SSSR count). The van der Waals surface area contributed by atoms with Crippen molar-refractivity contribution in [1.29, 1.82) is 0 Å². The van der Waals surface area contributed by atoms with Gasteiger partial charge in [-0.3, -0.25) is 0 Å². The second kappa shape index (κ2) is 7.99. The zero-order valence-corrected chi connectivity index (χ0v) is 13.4. The van der Waals surface area contributed by atoms with Crippen molar-refractivity contribution in [2.24, 2.45) is 5.92 Å². The Hall–Kier alpha value is -1.61. The van der Waals surface area contributed by atoms with Gasteiger partial charge in [-0.1, -0.05) is 39.0 Å². The summed E-state index contributed by atoms with van der Waals surface area (Å²) in [4.78, 5) is 4.52. The number of hydrogen-bond donors (Lipinski definition) is 1. The maximum Gasteiger partial charge on any atom is 0.221 e. The van der Waals surface area contributed by atoms with E-state index in [1.807, 2.05) is 12.3 Å². The van der Waals surface area contributed by atoms with Gasteiger partial charge in [0, 0.05) is 18.1 Å². The van der Waals surface area contributed by atoms with Crippen molar-refractivity contribution in [1.82, 2.24) is 10.3 Å². The van der Waals surface area contributed by atoms with Crippen LogP contribution in [0.3, 0.4) is 0 Å². The Balaban J connectivity index is 2.18. The average Bonchev–Trinajstić information content (AvgIpc) is 2.49. The van der Waals surface area contributed by atoms with Gasteiger partial charge >= 0.3 is 0 Å². The van der Waals surface area contributed by atoms with E-state index in [2.05, 4.69) is 49.3 Å². The van der Waals surface area contributed by atoms with Crippen molar-refractivity contribution in [3.63, 3.8) is 0 Å². The number of ether oxygens (including phenoxy) is 1. The molecule has 3 heteroatoms. The summed E-state index contributed by atoms with van der Waals surface area (Å²) in [6.07, 6.45) is 4.13. The molecule has 1 N–H and O–H groups in total. The Morgan fingerprint density at radius 2 is 1.95 bits per heavy atom. The van der Waals surface area contributed by atoms with E-state index in [9.17, 15) is 0 Å². The number of nitrogens with one attached hydrogen (secondary N) is 1. The molecule has 2 aromatic rings. The lowest BCUT2D eigenvalue weighted by Gasteiger charge is -2.12. The molecule has 0 fully saturated rings. The monoisotopic (exact) mass is 286 g/mol. The molecule has 3 nitrogen and oxygen atoms in total. The van der Waals surface area contributed by atoms with E-state index < -0.39 is 0 Å². The predicted octanol–water partition coefficient (Wildman–Crippen LogP) is 4.16. The van der Waals surface area contributed by atoms with Crippen LogP contribution in [0.5, 0.6) is 5.88 Å². The number of fused-ring (bicyclic) bond motifs is 1. The molecule has 0 atom stereocenters. The first kappa shape index (κ1) is 15.8. The number of benzene rings is 1. The van der Waals surface area contributed by atoms with Crippen LogP contribution < -0.4 is 10.1 Å². The lowest BCUT2D eigenvalue weighted by Crippen LogP contribution is -2.14. The highest BCUT2D eigenvalue weighted by molar-refractivity contribution is 5.89. The van der Waals surface area contributed by atoms with E-state index in [0.717, 1.165) is 43.8 Å². The molecule has 0 spiro atoms. The van der Waals surface area contributed by atoms with E-state index in [0.29, 0.717) is 5.92 Å². The van der Waals surface area contributed by atoms with E-state index in [1.165, 1.54) is 10.9 Å². The highest BCUT2D eigenvalue weighted by atomic mass is 16.5. The van der Waals surface area contributed by atoms with Crippen LogP contribution in [0.4, 0.5) is 0 Å². The molecule has 0 aliphatic heterocycles. The third-order valence-corrected chi connectivity index (χ3v) is 3.52. The van der Waals surface area contributed by atoms with Crippen LogP contribution in [-0.2, 0) is 6.54 Å². The first-order chi connectivity index (χ1) is 10.2. The molecule has 0 radical (unpaired) electrons. The minimum absolute atomic E-state index is 0.647. The Kier molecular flexibility index (Phi) is 6.00. The Labute approximate surface area is 127 Å². The lowest BCUT2D eigenvalue weighted by atomic mass is 10.1. The molecule has 1 heterocycles. The summed E-state index contributed by atoms with van der Waals surface area (Å²) in [5, 5.41) is 5.78. The fraction of sp³-hybridized carbons (Fsp3) is 0.500.